The molecule has 1 aliphatic heterocycles. The summed E-state index contributed by atoms with van der Waals surface area (Å²) in [5, 5.41) is 0. The van der Waals surface area contributed by atoms with E-state index in [0.717, 1.165) is 136 Å². The molecule has 1 amide bonds. The van der Waals surface area contributed by atoms with Crippen LogP contribution in [0.5, 0.6) is 0 Å². The zero-order valence-electron chi connectivity index (χ0n) is 73.3. The van der Waals surface area contributed by atoms with Crippen LogP contribution in [0.2, 0.25) is 0 Å². The molecule has 0 spiro atoms. The van der Waals surface area contributed by atoms with E-state index in [-0.39, 0.29) is 11.6 Å². The van der Waals surface area contributed by atoms with Gasteiger partial charge in [-0.25, -0.2) is 24.7 Å². The number of benzene rings is 5. The number of amides is 1. The first-order valence-electron chi connectivity index (χ1n) is 40.7. The van der Waals surface area contributed by atoms with Crippen LogP contribution in [0.4, 0.5) is 5.69 Å². The molecule has 112 heavy (non-hydrogen) atoms. The lowest BCUT2D eigenvalue weighted by molar-refractivity contribution is -0.117. The van der Waals surface area contributed by atoms with E-state index in [2.05, 4.69) is 294 Å². The maximum atomic E-state index is 11.7. The smallest absolute Gasteiger partial charge is 0.328 e. The Hall–Kier alpha value is -9.76. The molecule has 0 atom stereocenters. The fourth-order valence-electron chi connectivity index (χ4n) is 13.9. The normalized spacial score (nSPS) is 11.8. The standard InChI is InChI=1S/C13H18N2O.C13H18N2.C13H17NO.C12H16N2.2C12H15NO.2C11H17N/c1-9(2)7-10-5-6-11-12(8-10)15(4)13(16)14(11)3;1-9(2)7-11-5-6-13-12(8-11)14-10(3)15(13)4;1-9(2)6-10-4-5-12-11(7-10)8-13(15)14(12)3;1-9(2)6-11-4-5-12-13-10(3)7-14(12)8-11;1-8(2)6-10-4-5-12-11(7-10)13-9(3)14-12;1-8(2)6-10-4-5-11-12(7-10)14-9(3)13-11;2*1-8(2)5-11-6-9(3)10(4)12-7-11/h5-6,8-9H,7H2,1-4H3;5-6,8-9H,7H2,1-4H3;4-5,7,9H,6,8H2,1-3H3;4-5,7-9H,6H2,1-3H3;2*4-5,7-8H,6H2,1-3H3;2*6-8H,5H2,1-4H3. The van der Waals surface area contributed by atoms with Gasteiger partial charge >= 0.3 is 5.69 Å². The molecular formula is C97H133N11O4. The van der Waals surface area contributed by atoms with Crippen molar-refractivity contribution in [3.63, 3.8) is 0 Å². The summed E-state index contributed by atoms with van der Waals surface area (Å²) >= 11 is 0. The van der Waals surface area contributed by atoms with Crippen molar-refractivity contribution in [3.8, 4) is 0 Å². The number of carbonyl (C=O) groups excluding carboxylic acids is 1. The minimum atomic E-state index is 0.0386. The number of pyridine rings is 3. The van der Waals surface area contributed by atoms with Gasteiger partial charge in [0.05, 0.1) is 34.2 Å². The van der Waals surface area contributed by atoms with Crippen LogP contribution in [0.1, 0.15) is 207 Å². The van der Waals surface area contributed by atoms with Crippen LogP contribution in [0.15, 0.2) is 154 Å². The van der Waals surface area contributed by atoms with E-state index in [0.29, 0.717) is 53.8 Å². The maximum absolute atomic E-state index is 11.7. The summed E-state index contributed by atoms with van der Waals surface area (Å²) in [5.74, 6) is 8.25. The lowest BCUT2D eigenvalue weighted by Crippen LogP contribution is -2.20. The molecule has 9 heterocycles. The van der Waals surface area contributed by atoms with Crippen LogP contribution in [-0.2, 0) is 83.7 Å². The van der Waals surface area contributed by atoms with Gasteiger partial charge in [-0.2, -0.15) is 0 Å². The summed E-state index contributed by atoms with van der Waals surface area (Å²) in [6, 6.07) is 40.5. The maximum Gasteiger partial charge on any atom is 0.328 e. The second-order valence-electron chi connectivity index (χ2n) is 34.4. The number of anilines is 1. The first kappa shape index (κ1) is 89.4. The number of hydrogen-bond donors (Lipinski definition) is 0. The van der Waals surface area contributed by atoms with Gasteiger partial charge in [0.25, 0.3) is 0 Å². The summed E-state index contributed by atoms with van der Waals surface area (Å²) in [7, 11) is 7.54. The molecule has 15 nitrogen and oxygen atoms in total. The molecule has 0 unspecified atom stereocenters. The van der Waals surface area contributed by atoms with E-state index in [1.807, 2.05) is 79.4 Å². The highest BCUT2D eigenvalue weighted by molar-refractivity contribution is 6.01. The molecule has 8 aromatic heterocycles. The molecule has 1 aliphatic rings. The van der Waals surface area contributed by atoms with Gasteiger partial charge in [-0.05, 0) is 262 Å². The zero-order valence-corrected chi connectivity index (χ0v) is 73.3. The number of nitrogens with zero attached hydrogens (tertiary/aromatic N) is 11. The average Bonchev–Trinajstić information content (AvgIpc) is 1.64. The van der Waals surface area contributed by atoms with E-state index in [4.69, 9.17) is 8.83 Å². The third-order valence-electron chi connectivity index (χ3n) is 19.4. The fourth-order valence-corrected chi connectivity index (χ4v) is 13.9. The van der Waals surface area contributed by atoms with Gasteiger partial charge in [0.15, 0.2) is 22.9 Å². The molecule has 0 bridgehead atoms. The summed E-state index contributed by atoms with van der Waals surface area (Å²) in [5.41, 5.74) is 28.1. The van der Waals surface area contributed by atoms with Crippen LogP contribution >= 0.6 is 0 Å². The Bertz CT molecular complexity index is 4970. The summed E-state index contributed by atoms with van der Waals surface area (Å²) in [6.45, 7) is 51.8. The topological polar surface area (TPSA) is 160 Å². The van der Waals surface area contributed by atoms with Crippen molar-refractivity contribution < 1.29 is 13.6 Å². The van der Waals surface area contributed by atoms with Gasteiger partial charge in [-0.3, -0.25) is 23.9 Å². The van der Waals surface area contributed by atoms with Gasteiger partial charge in [0, 0.05) is 83.9 Å². The summed E-state index contributed by atoms with van der Waals surface area (Å²) < 4.78 is 18.5. The summed E-state index contributed by atoms with van der Waals surface area (Å²) in [4.78, 5) is 51.2. The second kappa shape index (κ2) is 41.7. The predicted octanol–water partition coefficient (Wildman–Crippen LogP) is 22.9. The largest absolute Gasteiger partial charge is 0.441 e. The van der Waals surface area contributed by atoms with Crippen LogP contribution in [0.25, 0.3) is 49.9 Å². The molecule has 0 radical (unpaired) electrons. The quantitative estimate of drug-likeness (QED) is 0.0911. The first-order valence-corrected chi connectivity index (χ1v) is 40.7. The van der Waals surface area contributed by atoms with Crippen molar-refractivity contribution in [2.45, 2.75) is 224 Å². The Balaban J connectivity index is 0.000000178. The Morgan fingerprint density at radius 3 is 1.31 bits per heavy atom. The van der Waals surface area contributed by atoms with E-state index in [9.17, 15) is 9.59 Å². The highest BCUT2D eigenvalue weighted by Crippen LogP contribution is 2.30. The van der Waals surface area contributed by atoms with Crippen molar-refractivity contribution in [3.05, 3.63) is 246 Å². The van der Waals surface area contributed by atoms with Crippen molar-refractivity contribution >= 4 is 61.5 Å². The van der Waals surface area contributed by atoms with Gasteiger partial charge < -0.3 is 22.7 Å². The van der Waals surface area contributed by atoms with E-state index in [1.165, 1.54) is 66.7 Å². The fraction of sp³-hybridized carbons (Fsp3) is 0.464. The lowest BCUT2D eigenvalue weighted by Gasteiger charge is -2.11. The van der Waals surface area contributed by atoms with E-state index < -0.39 is 0 Å². The van der Waals surface area contributed by atoms with Gasteiger partial charge in [-0.15, -0.1) is 0 Å². The van der Waals surface area contributed by atoms with Crippen molar-refractivity contribution in [2.24, 2.45) is 68.5 Å². The number of hydrogen-bond acceptors (Lipinski definition) is 10. The third kappa shape index (κ3) is 27.3. The van der Waals surface area contributed by atoms with E-state index >= 15 is 0 Å². The second-order valence-corrected chi connectivity index (χ2v) is 34.4. The van der Waals surface area contributed by atoms with Crippen molar-refractivity contribution in [1.82, 2.24) is 48.0 Å². The highest BCUT2D eigenvalue weighted by Gasteiger charge is 2.24. The Morgan fingerprint density at radius 1 is 0.366 bits per heavy atom. The lowest BCUT2D eigenvalue weighted by atomic mass is 10.00. The molecule has 0 saturated carbocycles. The number of rotatable bonds is 16. The third-order valence-corrected chi connectivity index (χ3v) is 19.4. The molecule has 0 aliphatic carbocycles. The van der Waals surface area contributed by atoms with Crippen LogP contribution in [0.3, 0.4) is 0 Å². The molecule has 15 heteroatoms. The molecule has 5 aromatic carbocycles. The van der Waals surface area contributed by atoms with Gasteiger partial charge in [0.1, 0.15) is 22.5 Å². The minimum absolute atomic E-state index is 0.0386. The Labute approximate surface area is 670 Å². The number of likely N-dealkylation sites (N-methyl/N-ethyl adjacent to an activating group) is 1. The Morgan fingerprint density at radius 2 is 0.786 bits per heavy atom. The monoisotopic (exact) mass is 1520 g/mol. The number of imidazole rings is 3. The average molecular weight is 1520 g/mol. The molecule has 14 rings (SSSR count). The molecule has 0 N–H and O–H groups in total. The summed E-state index contributed by atoms with van der Waals surface area (Å²) in [6.07, 6.45) is 17.7. The first-order chi connectivity index (χ1) is 52.8. The van der Waals surface area contributed by atoms with Crippen LogP contribution < -0.4 is 10.6 Å². The number of oxazole rings is 2. The van der Waals surface area contributed by atoms with Gasteiger partial charge in [0.2, 0.25) is 5.91 Å². The minimum Gasteiger partial charge on any atom is -0.441 e. The molecular weight excluding hydrogens is 1380 g/mol. The van der Waals surface area contributed by atoms with Crippen LogP contribution in [0, 0.1) is 103 Å². The molecule has 0 saturated heterocycles. The molecule has 600 valence electrons. The predicted molar refractivity (Wildman–Crippen MR) is 470 cm³/mol. The highest BCUT2D eigenvalue weighted by atomic mass is 16.4. The van der Waals surface area contributed by atoms with Gasteiger partial charge in [-0.1, -0.05) is 165 Å². The SMILES string of the molecule is CC(C)Cc1ccc2c(c1)CC(=O)N2C.CC(C)Cc1ccc2c(c1)n(C)c(=O)n2C.Cc1cc(CC(C)C)cnc1C.Cc1cc(CC(C)C)cnc1C.Cc1cn2cc(CC(C)C)ccc2n1.Cc1nc2cc(CC(C)C)ccc2n1C.Cc1nc2cc(CC(C)C)ccc2o1.Cc1nc2ccc(CC(C)C)cc2o1. The van der Waals surface area contributed by atoms with Crippen molar-refractivity contribution in [2.75, 3.05) is 11.9 Å². The molecule has 0 fully saturated rings. The van der Waals surface area contributed by atoms with Crippen LogP contribution in [-0.4, -0.2) is 61.0 Å². The number of aromatic nitrogens is 10. The number of carbonyl (C=O) groups is 1. The van der Waals surface area contributed by atoms with Crippen molar-refractivity contribution in [1.29, 1.82) is 0 Å². The zero-order chi connectivity index (χ0) is 82.5. The Kier molecular flexibility index (Phi) is 33.3. The van der Waals surface area contributed by atoms with E-state index in [1.54, 1.807) is 14.0 Å². The molecule has 13 aromatic rings. The number of aryl methyl sites for hydroxylation is 11. The number of fused-ring (bicyclic) bond motifs is 6.